The maximum atomic E-state index is 10.3. The van der Waals surface area contributed by atoms with Crippen molar-refractivity contribution < 1.29 is 9.90 Å². The molecule has 0 aliphatic rings. The molecular weight excluding hydrogens is 158 g/mol. The molecule has 1 amide bonds. The van der Waals surface area contributed by atoms with Gasteiger partial charge in [0.05, 0.1) is 12.6 Å². The molecule has 0 aromatic heterocycles. The van der Waals surface area contributed by atoms with E-state index in [2.05, 4.69) is 5.32 Å². The SMILES string of the molecule is CN(C)CC(O)CNCC(N)=O. The Morgan fingerprint density at radius 1 is 1.67 bits per heavy atom. The lowest BCUT2D eigenvalue weighted by molar-refractivity contribution is -0.117. The highest BCUT2D eigenvalue weighted by Crippen LogP contribution is 1.82. The van der Waals surface area contributed by atoms with Crippen LogP contribution in [0.25, 0.3) is 0 Å². The molecule has 0 saturated heterocycles. The standard InChI is InChI=1S/C7H17N3O2/c1-10(2)5-6(11)3-9-4-7(8)12/h6,9,11H,3-5H2,1-2H3,(H2,8,12). The molecule has 5 nitrogen and oxygen atoms in total. The molecule has 0 aromatic rings. The molecule has 0 aromatic carbocycles. The molecule has 0 spiro atoms. The third-order valence-electron chi connectivity index (χ3n) is 1.26. The fourth-order valence-corrected chi connectivity index (χ4v) is 0.848. The van der Waals surface area contributed by atoms with Crippen LogP contribution in [-0.4, -0.2) is 55.7 Å². The monoisotopic (exact) mass is 175 g/mol. The van der Waals surface area contributed by atoms with E-state index < -0.39 is 12.0 Å². The molecule has 12 heavy (non-hydrogen) atoms. The number of nitrogens with zero attached hydrogens (tertiary/aromatic N) is 1. The Kier molecular flexibility index (Phi) is 5.61. The Hall–Kier alpha value is -0.650. The summed E-state index contributed by atoms with van der Waals surface area (Å²) in [6.07, 6.45) is -0.459. The number of aliphatic hydroxyl groups is 1. The zero-order valence-electron chi connectivity index (χ0n) is 7.58. The van der Waals surface area contributed by atoms with Crippen LogP contribution in [0, 0.1) is 0 Å². The van der Waals surface area contributed by atoms with Gasteiger partial charge in [-0.3, -0.25) is 4.79 Å². The van der Waals surface area contributed by atoms with Gasteiger partial charge >= 0.3 is 0 Å². The van der Waals surface area contributed by atoms with Crippen molar-refractivity contribution in [3.63, 3.8) is 0 Å². The zero-order valence-corrected chi connectivity index (χ0v) is 7.58. The number of amides is 1. The van der Waals surface area contributed by atoms with Gasteiger partial charge in [-0.15, -0.1) is 0 Å². The molecule has 1 atom stereocenters. The summed E-state index contributed by atoms with van der Waals surface area (Å²) in [5.74, 6) is -0.410. The molecular formula is C7H17N3O2. The number of nitrogens with one attached hydrogen (secondary N) is 1. The highest BCUT2D eigenvalue weighted by atomic mass is 16.3. The van der Waals surface area contributed by atoms with Crippen molar-refractivity contribution in [1.82, 2.24) is 10.2 Å². The number of likely N-dealkylation sites (N-methyl/N-ethyl adjacent to an activating group) is 1. The summed E-state index contributed by atoms with van der Waals surface area (Å²) < 4.78 is 0. The fourth-order valence-electron chi connectivity index (χ4n) is 0.848. The molecule has 0 heterocycles. The Morgan fingerprint density at radius 3 is 2.67 bits per heavy atom. The van der Waals surface area contributed by atoms with Crippen molar-refractivity contribution in [2.45, 2.75) is 6.10 Å². The topological polar surface area (TPSA) is 78.6 Å². The summed E-state index contributed by atoms with van der Waals surface area (Å²) in [5, 5.41) is 12.0. The second-order valence-corrected chi connectivity index (χ2v) is 3.01. The Morgan fingerprint density at radius 2 is 2.25 bits per heavy atom. The van der Waals surface area contributed by atoms with Gasteiger partial charge in [0, 0.05) is 13.1 Å². The van der Waals surface area contributed by atoms with Crippen LogP contribution in [-0.2, 0) is 4.79 Å². The lowest BCUT2D eigenvalue weighted by Gasteiger charge is -2.15. The van der Waals surface area contributed by atoms with Crippen molar-refractivity contribution in [3.05, 3.63) is 0 Å². The third-order valence-corrected chi connectivity index (χ3v) is 1.26. The quantitative estimate of drug-likeness (QED) is 0.435. The highest BCUT2D eigenvalue weighted by molar-refractivity contribution is 5.75. The third kappa shape index (κ3) is 7.46. The summed E-state index contributed by atoms with van der Waals surface area (Å²) in [4.78, 5) is 12.1. The zero-order chi connectivity index (χ0) is 9.56. The van der Waals surface area contributed by atoms with Crippen LogP contribution in [0.4, 0.5) is 0 Å². The van der Waals surface area contributed by atoms with E-state index in [1.807, 2.05) is 19.0 Å². The predicted molar refractivity (Wildman–Crippen MR) is 46.6 cm³/mol. The molecule has 72 valence electrons. The van der Waals surface area contributed by atoms with E-state index in [0.29, 0.717) is 13.1 Å². The van der Waals surface area contributed by atoms with Crippen LogP contribution < -0.4 is 11.1 Å². The molecule has 0 fully saturated rings. The van der Waals surface area contributed by atoms with E-state index in [1.54, 1.807) is 0 Å². The number of hydrogen-bond acceptors (Lipinski definition) is 4. The predicted octanol–water partition coefficient (Wildman–Crippen LogP) is -2.02. The van der Waals surface area contributed by atoms with Gasteiger partial charge in [0.2, 0.25) is 5.91 Å². The minimum absolute atomic E-state index is 0.116. The Bertz CT molecular complexity index is 139. The van der Waals surface area contributed by atoms with Crippen molar-refractivity contribution in [1.29, 1.82) is 0 Å². The molecule has 5 heteroatoms. The van der Waals surface area contributed by atoms with Gasteiger partial charge in [-0.25, -0.2) is 0 Å². The summed E-state index contributed by atoms with van der Waals surface area (Å²) >= 11 is 0. The van der Waals surface area contributed by atoms with Crippen molar-refractivity contribution in [2.24, 2.45) is 5.73 Å². The number of hydrogen-bond donors (Lipinski definition) is 3. The number of aliphatic hydroxyl groups excluding tert-OH is 1. The van der Waals surface area contributed by atoms with Gasteiger partial charge in [-0.1, -0.05) is 0 Å². The van der Waals surface area contributed by atoms with Crippen molar-refractivity contribution >= 4 is 5.91 Å². The highest BCUT2D eigenvalue weighted by Gasteiger charge is 2.04. The average Bonchev–Trinajstić information content (AvgIpc) is 1.84. The van der Waals surface area contributed by atoms with Crippen molar-refractivity contribution in [3.8, 4) is 0 Å². The molecule has 1 unspecified atom stereocenters. The van der Waals surface area contributed by atoms with E-state index in [4.69, 9.17) is 5.73 Å². The average molecular weight is 175 g/mol. The van der Waals surface area contributed by atoms with Crippen LogP contribution in [0.1, 0.15) is 0 Å². The molecule has 0 saturated carbocycles. The van der Waals surface area contributed by atoms with E-state index in [1.165, 1.54) is 0 Å². The molecule has 4 N–H and O–H groups in total. The minimum atomic E-state index is -0.459. The summed E-state index contributed by atoms with van der Waals surface area (Å²) in [6.45, 7) is 1.08. The van der Waals surface area contributed by atoms with Gasteiger partial charge < -0.3 is 21.1 Å². The maximum Gasteiger partial charge on any atom is 0.231 e. The lowest BCUT2D eigenvalue weighted by Crippen LogP contribution is -2.38. The second kappa shape index (κ2) is 5.93. The van der Waals surface area contributed by atoms with Crippen LogP contribution in [0.5, 0.6) is 0 Å². The van der Waals surface area contributed by atoms with Crippen LogP contribution in [0.15, 0.2) is 0 Å². The van der Waals surface area contributed by atoms with Crippen molar-refractivity contribution in [2.75, 3.05) is 33.7 Å². The molecule has 0 bridgehead atoms. The van der Waals surface area contributed by atoms with E-state index in [-0.39, 0.29) is 6.54 Å². The van der Waals surface area contributed by atoms with Crippen LogP contribution >= 0.6 is 0 Å². The van der Waals surface area contributed by atoms with E-state index in [0.717, 1.165) is 0 Å². The maximum absolute atomic E-state index is 10.3. The van der Waals surface area contributed by atoms with Gasteiger partial charge in [-0.2, -0.15) is 0 Å². The first kappa shape index (κ1) is 11.4. The number of carbonyl (C=O) groups excluding carboxylic acids is 1. The van der Waals surface area contributed by atoms with E-state index in [9.17, 15) is 9.90 Å². The van der Waals surface area contributed by atoms with E-state index >= 15 is 0 Å². The van der Waals surface area contributed by atoms with Gasteiger partial charge in [0.1, 0.15) is 0 Å². The molecule has 0 radical (unpaired) electrons. The normalized spacial score (nSPS) is 13.3. The minimum Gasteiger partial charge on any atom is -0.390 e. The smallest absolute Gasteiger partial charge is 0.231 e. The Balaban J connectivity index is 3.31. The number of primary amides is 1. The summed E-state index contributed by atoms with van der Waals surface area (Å²) in [7, 11) is 3.74. The second-order valence-electron chi connectivity index (χ2n) is 3.01. The van der Waals surface area contributed by atoms with Gasteiger partial charge in [-0.05, 0) is 14.1 Å². The van der Waals surface area contributed by atoms with Gasteiger partial charge in [0.15, 0.2) is 0 Å². The summed E-state index contributed by atoms with van der Waals surface area (Å²) in [6, 6.07) is 0. The summed E-state index contributed by atoms with van der Waals surface area (Å²) in [5.41, 5.74) is 4.89. The first-order valence-electron chi connectivity index (χ1n) is 3.84. The lowest BCUT2D eigenvalue weighted by atomic mass is 10.3. The van der Waals surface area contributed by atoms with Gasteiger partial charge in [0.25, 0.3) is 0 Å². The Labute approximate surface area is 72.5 Å². The van der Waals surface area contributed by atoms with Crippen LogP contribution in [0.2, 0.25) is 0 Å². The van der Waals surface area contributed by atoms with Crippen LogP contribution in [0.3, 0.4) is 0 Å². The largest absolute Gasteiger partial charge is 0.390 e. The molecule has 0 aliphatic heterocycles. The molecule has 0 rings (SSSR count). The first-order chi connectivity index (χ1) is 5.52. The number of carbonyl (C=O) groups is 1. The number of rotatable bonds is 6. The fraction of sp³-hybridized carbons (Fsp3) is 0.857. The molecule has 0 aliphatic carbocycles. The first-order valence-corrected chi connectivity index (χ1v) is 3.84. The number of nitrogens with two attached hydrogens (primary N) is 1.